The highest BCUT2D eigenvalue weighted by atomic mass is 32.2. The van der Waals surface area contributed by atoms with Gasteiger partial charge in [-0.25, -0.2) is 4.98 Å². The number of thioether (sulfide) groups is 1. The number of rotatable bonds is 8. The Morgan fingerprint density at radius 3 is 2.85 bits per heavy atom. The Labute approximate surface area is 162 Å². The van der Waals surface area contributed by atoms with Crippen LogP contribution in [0.4, 0.5) is 0 Å². The van der Waals surface area contributed by atoms with Gasteiger partial charge >= 0.3 is 0 Å². The SMILES string of the molecule is CCC[C@H](C)NC(=O)CSc1nc2ccccc2c(=O)n1Cc1ccco1. The largest absolute Gasteiger partial charge is 0.467 e. The Hall–Kier alpha value is -2.54. The van der Waals surface area contributed by atoms with Gasteiger partial charge in [-0.15, -0.1) is 0 Å². The van der Waals surface area contributed by atoms with Crippen LogP contribution < -0.4 is 10.9 Å². The molecule has 1 amide bonds. The van der Waals surface area contributed by atoms with E-state index in [-0.39, 0.29) is 29.8 Å². The lowest BCUT2D eigenvalue weighted by Crippen LogP contribution is -2.34. The Kier molecular flexibility index (Phi) is 6.34. The van der Waals surface area contributed by atoms with Gasteiger partial charge in [-0.1, -0.05) is 37.2 Å². The fourth-order valence-corrected chi connectivity index (χ4v) is 3.72. The zero-order valence-electron chi connectivity index (χ0n) is 15.5. The van der Waals surface area contributed by atoms with Crippen molar-refractivity contribution >= 4 is 28.6 Å². The van der Waals surface area contributed by atoms with Gasteiger partial charge in [0, 0.05) is 6.04 Å². The number of carbonyl (C=O) groups excluding carboxylic acids is 1. The van der Waals surface area contributed by atoms with Gasteiger partial charge in [-0.2, -0.15) is 0 Å². The summed E-state index contributed by atoms with van der Waals surface area (Å²) in [6, 6.07) is 11.0. The van der Waals surface area contributed by atoms with Crippen LogP contribution in [0.1, 0.15) is 32.4 Å². The smallest absolute Gasteiger partial charge is 0.262 e. The summed E-state index contributed by atoms with van der Waals surface area (Å²) in [6.07, 6.45) is 3.53. The normalized spacial score (nSPS) is 12.2. The molecule has 0 fully saturated rings. The van der Waals surface area contributed by atoms with Crippen LogP contribution in [0.5, 0.6) is 0 Å². The molecule has 0 unspecified atom stereocenters. The van der Waals surface area contributed by atoms with Gasteiger partial charge in [-0.05, 0) is 37.6 Å². The summed E-state index contributed by atoms with van der Waals surface area (Å²) in [7, 11) is 0. The molecule has 3 aromatic rings. The lowest BCUT2D eigenvalue weighted by molar-refractivity contribution is -0.119. The van der Waals surface area contributed by atoms with Crippen molar-refractivity contribution in [2.24, 2.45) is 0 Å². The Bertz CT molecular complexity index is 966. The molecular weight excluding hydrogens is 362 g/mol. The number of fused-ring (bicyclic) bond motifs is 1. The van der Waals surface area contributed by atoms with Crippen molar-refractivity contribution in [1.29, 1.82) is 0 Å². The molecule has 7 heteroatoms. The Morgan fingerprint density at radius 2 is 2.11 bits per heavy atom. The molecule has 3 rings (SSSR count). The molecule has 0 saturated carbocycles. The van der Waals surface area contributed by atoms with Gasteiger partial charge in [0.2, 0.25) is 5.91 Å². The van der Waals surface area contributed by atoms with Crippen molar-refractivity contribution in [3.63, 3.8) is 0 Å². The van der Waals surface area contributed by atoms with Gasteiger partial charge in [0.1, 0.15) is 5.76 Å². The average molecular weight is 385 g/mol. The molecule has 0 aliphatic heterocycles. The van der Waals surface area contributed by atoms with E-state index in [9.17, 15) is 9.59 Å². The quantitative estimate of drug-likeness (QED) is 0.475. The van der Waals surface area contributed by atoms with Crippen LogP contribution in [-0.2, 0) is 11.3 Å². The number of hydrogen-bond acceptors (Lipinski definition) is 5. The molecule has 2 aromatic heterocycles. The van der Waals surface area contributed by atoms with E-state index in [2.05, 4.69) is 17.2 Å². The van der Waals surface area contributed by atoms with E-state index in [0.717, 1.165) is 12.8 Å². The summed E-state index contributed by atoms with van der Waals surface area (Å²) in [5.74, 6) is 0.807. The van der Waals surface area contributed by atoms with Gasteiger partial charge in [-0.3, -0.25) is 14.2 Å². The van der Waals surface area contributed by atoms with Gasteiger partial charge in [0.15, 0.2) is 5.16 Å². The molecule has 0 bridgehead atoms. The maximum absolute atomic E-state index is 13.0. The first-order valence-electron chi connectivity index (χ1n) is 9.02. The highest BCUT2D eigenvalue weighted by Crippen LogP contribution is 2.19. The molecule has 0 aliphatic rings. The number of para-hydroxylation sites is 1. The molecule has 1 atom stereocenters. The van der Waals surface area contributed by atoms with Gasteiger partial charge in [0.25, 0.3) is 5.56 Å². The molecule has 0 spiro atoms. The first kappa shape index (κ1) is 19.2. The average Bonchev–Trinajstić information content (AvgIpc) is 3.16. The van der Waals surface area contributed by atoms with Crippen LogP contribution in [0.2, 0.25) is 0 Å². The summed E-state index contributed by atoms with van der Waals surface area (Å²) in [5, 5.41) is 4.03. The number of aromatic nitrogens is 2. The fraction of sp³-hybridized carbons (Fsp3) is 0.350. The van der Waals surface area contributed by atoms with E-state index in [1.807, 2.05) is 25.1 Å². The molecule has 0 aliphatic carbocycles. The standard InChI is InChI=1S/C20H23N3O3S/c1-3-7-14(2)21-18(24)13-27-20-22-17-10-5-4-9-16(17)19(25)23(20)12-15-8-6-11-26-15/h4-6,8-11,14H,3,7,12-13H2,1-2H3,(H,21,24)/t14-/m0/s1. The Balaban J connectivity index is 1.86. The number of furan rings is 1. The minimum atomic E-state index is -0.140. The van der Waals surface area contributed by atoms with Crippen LogP contribution in [0.25, 0.3) is 10.9 Å². The molecule has 6 nitrogen and oxygen atoms in total. The topological polar surface area (TPSA) is 77.1 Å². The summed E-state index contributed by atoms with van der Waals surface area (Å²) in [6.45, 7) is 4.36. The van der Waals surface area contributed by atoms with Gasteiger partial charge in [0.05, 0.1) is 29.5 Å². The minimum Gasteiger partial charge on any atom is -0.467 e. The highest BCUT2D eigenvalue weighted by Gasteiger charge is 2.15. The predicted molar refractivity (Wildman–Crippen MR) is 107 cm³/mol. The molecule has 1 N–H and O–H groups in total. The van der Waals surface area contributed by atoms with E-state index >= 15 is 0 Å². The number of nitrogens with zero attached hydrogens (tertiary/aromatic N) is 2. The molecular formula is C20H23N3O3S. The lowest BCUT2D eigenvalue weighted by Gasteiger charge is -2.14. The van der Waals surface area contributed by atoms with Crippen molar-refractivity contribution in [2.45, 2.75) is 44.4 Å². The van der Waals surface area contributed by atoms with E-state index < -0.39 is 0 Å². The summed E-state index contributed by atoms with van der Waals surface area (Å²) >= 11 is 1.26. The van der Waals surface area contributed by atoms with Crippen LogP contribution in [0.15, 0.2) is 57.0 Å². The van der Waals surface area contributed by atoms with Crippen LogP contribution >= 0.6 is 11.8 Å². The highest BCUT2D eigenvalue weighted by molar-refractivity contribution is 7.99. The van der Waals surface area contributed by atoms with Crippen molar-refractivity contribution in [1.82, 2.24) is 14.9 Å². The maximum atomic E-state index is 13.0. The van der Waals surface area contributed by atoms with Crippen molar-refractivity contribution in [3.05, 3.63) is 58.8 Å². The van der Waals surface area contributed by atoms with Crippen LogP contribution in [-0.4, -0.2) is 27.3 Å². The third kappa shape index (κ3) is 4.80. The Morgan fingerprint density at radius 1 is 1.30 bits per heavy atom. The van der Waals surface area contributed by atoms with Crippen molar-refractivity contribution in [3.8, 4) is 0 Å². The lowest BCUT2D eigenvalue weighted by atomic mass is 10.2. The van der Waals surface area contributed by atoms with E-state index in [1.54, 1.807) is 29.0 Å². The van der Waals surface area contributed by atoms with E-state index in [0.29, 0.717) is 21.8 Å². The first-order chi connectivity index (χ1) is 13.1. The third-order valence-corrected chi connectivity index (χ3v) is 5.16. The monoisotopic (exact) mass is 385 g/mol. The molecule has 27 heavy (non-hydrogen) atoms. The maximum Gasteiger partial charge on any atom is 0.262 e. The summed E-state index contributed by atoms with van der Waals surface area (Å²) in [4.78, 5) is 29.8. The summed E-state index contributed by atoms with van der Waals surface area (Å²) in [5.41, 5.74) is 0.486. The number of benzene rings is 1. The zero-order valence-corrected chi connectivity index (χ0v) is 16.3. The number of hydrogen-bond donors (Lipinski definition) is 1. The van der Waals surface area contributed by atoms with Gasteiger partial charge < -0.3 is 9.73 Å². The second kappa shape index (κ2) is 8.90. The second-order valence-corrected chi connectivity index (χ2v) is 7.37. The number of nitrogens with one attached hydrogen (secondary N) is 1. The minimum absolute atomic E-state index is 0.0621. The molecule has 1 aromatic carbocycles. The number of carbonyl (C=O) groups is 1. The van der Waals surface area contributed by atoms with Crippen molar-refractivity contribution < 1.29 is 9.21 Å². The zero-order chi connectivity index (χ0) is 19.2. The molecule has 0 saturated heterocycles. The van der Waals surface area contributed by atoms with Crippen molar-refractivity contribution in [2.75, 3.05) is 5.75 Å². The third-order valence-electron chi connectivity index (χ3n) is 4.18. The van der Waals surface area contributed by atoms with Crippen LogP contribution in [0.3, 0.4) is 0 Å². The van der Waals surface area contributed by atoms with Crippen LogP contribution in [0, 0.1) is 0 Å². The molecule has 142 valence electrons. The summed E-state index contributed by atoms with van der Waals surface area (Å²) < 4.78 is 6.95. The molecule has 0 radical (unpaired) electrons. The second-order valence-electron chi connectivity index (χ2n) is 6.43. The van der Waals surface area contributed by atoms with E-state index in [4.69, 9.17) is 4.42 Å². The first-order valence-corrected chi connectivity index (χ1v) is 10.0. The number of amides is 1. The fourth-order valence-electron chi connectivity index (χ4n) is 2.91. The van der Waals surface area contributed by atoms with E-state index in [1.165, 1.54) is 11.8 Å². The molecule has 2 heterocycles. The predicted octanol–water partition coefficient (Wildman–Crippen LogP) is 3.43.